The van der Waals surface area contributed by atoms with Crippen LogP contribution in [0.5, 0.6) is 11.5 Å². The first kappa shape index (κ1) is 18.9. The fraction of sp³-hybridized carbons (Fsp3) is 0.238. The molecule has 1 heterocycles. The Kier molecular flexibility index (Phi) is 6.08. The van der Waals surface area contributed by atoms with E-state index in [-0.39, 0.29) is 12.7 Å². The zero-order chi connectivity index (χ0) is 19.2. The SMILES string of the molecule is COc1cc(C=CC(=O)OCc2nc3ccccc3s2)ccc1OC(C)C. The van der Waals surface area contributed by atoms with Crippen LogP contribution in [0.4, 0.5) is 0 Å². The summed E-state index contributed by atoms with van der Waals surface area (Å²) in [6.45, 7) is 4.07. The third kappa shape index (κ3) is 5.08. The minimum Gasteiger partial charge on any atom is -0.493 e. The summed E-state index contributed by atoms with van der Waals surface area (Å²) in [5.41, 5.74) is 1.74. The van der Waals surface area contributed by atoms with Gasteiger partial charge in [-0.05, 0) is 49.8 Å². The molecule has 0 aliphatic heterocycles. The van der Waals surface area contributed by atoms with E-state index >= 15 is 0 Å². The third-order valence-electron chi connectivity index (χ3n) is 3.64. The van der Waals surface area contributed by atoms with Gasteiger partial charge in [-0.25, -0.2) is 9.78 Å². The van der Waals surface area contributed by atoms with Gasteiger partial charge in [-0.2, -0.15) is 0 Å². The number of thiazole rings is 1. The number of carbonyl (C=O) groups excluding carboxylic acids is 1. The summed E-state index contributed by atoms with van der Waals surface area (Å²) in [6, 6.07) is 13.3. The molecule has 0 unspecified atom stereocenters. The van der Waals surface area contributed by atoms with Gasteiger partial charge in [0.2, 0.25) is 0 Å². The van der Waals surface area contributed by atoms with Crippen LogP contribution in [0.1, 0.15) is 24.4 Å². The molecule has 3 aromatic rings. The van der Waals surface area contributed by atoms with Gasteiger partial charge in [0.15, 0.2) is 11.5 Å². The highest BCUT2D eigenvalue weighted by Gasteiger charge is 2.08. The number of esters is 1. The van der Waals surface area contributed by atoms with Crippen LogP contribution in [0.3, 0.4) is 0 Å². The average molecular weight is 383 g/mol. The number of hydrogen-bond donors (Lipinski definition) is 0. The topological polar surface area (TPSA) is 57.7 Å². The molecule has 0 atom stereocenters. The zero-order valence-electron chi connectivity index (χ0n) is 15.5. The number of para-hydroxylation sites is 1. The molecule has 5 nitrogen and oxygen atoms in total. The van der Waals surface area contributed by atoms with Gasteiger partial charge in [0.1, 0.15) is 11.6 Å². The third-order valence-corrected chi connectivity index (χ3v) is 4.65. The molecule has 27 heavy (non-hydrogen) atoms. The van der Waals surface area contributed by atoms with Gasteiger partial charge in [-0.1, -0.05) is 18.2 Å². The molecule has 0 fully saturated rings. The monoisotopic (exact) mass is 383 g/mol. The Hall–Kier alpha value is -2.86. The van der Waals surface area contributed by atoms with Crippen LogP contribution < -0.4 is 9.47 Å². The van der Waals surface area contributed by atoms with E-state index < -0.39 is 5.97 Å². The highest BCUT2D eigenvalue weighted by molar-refractivity contribution is 7.18. The molecule has 0 aliphatic rings. The summed E-state index contributed by atoms with van der Waals surface area (Å²) in [7, 11) is 1.59. The van der Waals surface area contributed by atoms with Crippen molar-refractivity contribution in [3.63, 3.8) is 0 Å². The quantitative estimate of drug-likeness (QED) is 0.431. The normalized spacial score (nSPS) is 11.3. The molecule has 6 heteroatoms. The number of rotatable bonds is 7. The van der Waals surface area contributed by atoms with Gasteiger partial charge >= 0.3 is 5.97 Å². The summed E-state index contributed by atoms with van der Waals surface area (Å²) in [4.78, 5) is 16.4. The van der Waals surface area contributed by atoms with Gasteiger partial charge in [0, 0.05) is 6.08 Å². The van der Waals surface area contributed by atoms with Gasteiger partial charge in [-0.15, -0.1) is 11.3 Å². The predicted octanol–water partition coefficient (Wildman–Crippen LogP) is 4.85. The maximum atomic E-state index is 12.0. The van der Waals surface area contributed by atoms with Crippen molar-refractivity contribution in [2.45, 2.75) is 26.6 Å². The molecule has 0 spiro atoms. The Bertz CT molecular complexity index is 929. The van der Waals surface area contributed by atoms with Gasteiger partial charge in [0.25, 0.3) is 0 Å². The number of aromatic nitrogens is 1. The van der Waals surface area contributed by atoms with E-state index in [1.807, 2.05) is 56.3 Å². The first-order valence-corrected chi connectivity index (χ1v) is 9.41. The van der Waals surface area contributed by atoms with Crippen molar-refractivity contribution < 1.29 is 19.0 Å². The smallest absolute Gasteiger partial charge is 0.331 e. The summed E-state index contributed by atoms with van der Waals surface area (Å²) >= 11 is 1.52. The van der Waals surface area contributed by atoms with Crippen LogP contribution in [-0.2, 0) is 16.1 Å². The Morgan fingerprint density at radius 2 is 2.00 bits per heavy atom. The van der Waals surface area contributed by atoms with Crippen LogP contribution in [0.2, 0.25) is 0 Å². The molecule has 0 radical (unpaired) electrons. The molecule has 140 valence electrons. The van der Waals surface area contributed by atoms with E-state index in [0.717, 1.165) is 20.8 Å². The van der Waals surface area contributed by atoms with Gasteiger partial charge in [0.05, 0.1) is 23.4 Å². The summed E-state index contributed by atoms with van der Waals surface area (Å²) in [6.07, 6.45) is 3.13. The van der Waals surface area contributed by atoms with Crippen molar-refractivity contribution in [2.75, 3.05) is 7.11 Å². The number of benzene rings is 2. The highest BCUT2D eigenvalue weighted by Crippen LogP contribution is 2.29. The fourth-order valence-corrected chi connectivity index (χ4v) is 3.35. The van der Waals surface area contributed by atoms with Crippen LogP contribution in [0.25, 0.3) is 16.3 Å². The maximum Gasteiger partial charge on any atom is 0.331 e. The molecule has 3 rings (SSSR count). The minimum absolute atomic E-state index is 0.0535. The molecule has 0 amide bonds. The molecule has 0 saturated heterocycles. The summed E-state index contributed by atoms with van der Waals surface area (Å²) in [5.74, 6) is 0.868. The number of fused-ring (bicyclic) bond motifs is 1. The molecular formula is C21H21NO4S. The number of nitrogens with zero attached hydrogens (tertiary/aromatic N) is 1. The van der Waals surface area contributed by atoms with E-state index in [0.29, 0.717) is 11.5 Å². The van der Waals surface area contributed by atoms with Crippen LogP contribution >= 0.6 is 11.3 Å². The average Bonchev–Trinajstić information content (AvgIpc) is 3.08. The van der Waals surface area contributed by atoms with Crippen molar-refractivity contribution >= 4 is 33.6 Å². The Morgan fingerprint density at radius 1 is 1.19 bits per heavy atom. The van der Waals surface area contributed by atoms with Crippen molar-refractivity contribution in [3.8, 4) is 11.5 Å². The second kappa shape index (κ2) is 8.68. The summed E-state index contributed by atoms with van der Waals surface area (Å²) in [5, 5.41) is 0.773. The minimum atomic E-state index is -0.421. The lowest BCUT2D eigenvalue weighted by Crippen LogP contribution is -2.06. The Balaban J connectivity index is 1.60. The maximum absolute atomic E-state index is 12.0. The first-order valence-electron chi connectivity index (χ1n) is 8.59. The van der Waals surface area contributed by atoms with E-state index in [9.17, 15) is 4.79 Å². The predicted molar refractivity (Wildman–Crippen MR) is 107 cm³/mol. The molecule has 2 aromatic carbocycles. The second-order valence-electron chi connectivity index (χ2n) is 6.09. The van der Waals surface area contributed by atoms with Crippen molar-refractivity contribution in [2.24, 2.45) is 0 Å². The molecule has 0 bridgehead atoms. The first-order chi connectivity index (χ1) is 13.0. The van der Waals surface area contributed by atoms with Gasteiger partial charge in [-0.3, -0.25) is 0 Å². The largest absolute Gasteiger partial charge is 0.493 e. The van der Waals surface area contributed by atoms with E-state index in [1.165, 1.54) is 17.4 Å². The van der Waals surface area contributed by atoms with Crippen LogP contribution in [0, 0.1) is 0 Å². The highest BCUT2D eigenvalue weighted by atomic mass is 32.1. The van der Waals surface area contributed by atoms with E-state index in [4.69, 9.17) is 14.2 Å². The van der Waals surface area contributed by atoms with Crippen molar-refractivity contribution in [3.05, 3.63) is 59.1 Å². The second-order valence-corrected chi connectivity index (χ2v) is 7.21. The number of ether oxygens (including phenoxy) is 3. The molecular weight excluding hydrogens is 362 g/mol. The van der Waals surface area contributed by atoms with E-state index in [1.54, 1.807) is 13.2 Å². The Morgan fingerprint density at radius 3 is 2.74 bits per heavy atom. The molecule has 1 aromatic heterocycles. The standard InChI is InChI=1S/C21H21NO4S/c1-14(2)26-17-10-8-15(12-18(17)24-3)9-11-21(23)25-13-20-22-16-6-4-5-7-19(16)27-20/h4-12,14H,13H2,1-3H3. The number of carbonyl (C=O) groups is 1. The Labute approximate surface area is 162 Å². The number of hydrogen-bond acceptors (Lipinski definition) is 6. The van der Waals surface area contributed by atoms with Crippen LogP contribution in [-0.4, -0.2) is 24.2 Å². The summed E-state index contributed by atoms with van der Waals surface area (Å²) < 4.78 is 17.4. The van der Waals surface area contributed by atoms with Crippen molar-refractivity contribution in [1.82, 2.24) is 4.98 Å². The lowest BCUT2D eigenvalue weighted by molar-refractivity contribution is -0.138. The number of methoxy groups -OCH3 is 1. The lowest BCUT2D eigenvalue weighted by Gasteiger charge is -2.13. The lowest BCUT2D eigenvalue weighted by atomic mass is 10.2. The van der Waals surface area contributed by atoms with Crippen LogP contribution in [0.15, 0.2) is 48.5 Å². The van der Waals surface area contributed by atoms with Crippen molar-refractivity contribution in [1.29, 1.82) is 0 Å². The molecule has 0 aliphatic carbocycles. The van der Waals surface area contributed by atoms with Gasteiger partial charge < -0.3 is 14.2 Å². The zero-order valence-corrected chi connectivity index (χ0v) is 16.3. The molecule has 0 saturated carbocycles. The molecule has 0 N–H and O–H groups in total. The fourth-order valence-electron chi connectivity index (χ4n) is 2.47. The van der Waals surface area contributed by atoms with E-state index in [2.05, 4.69) is 4.98 Å².